The van der Waals surface area contributed by atoms with E-state index in [1.54, 1.807) is 0 Å². The molecule has 0 nitrogen and oxygen atoms in total. The van der Waals surface area contributed by atoms with E-state index < -0.39 is 0 Å². The van der Waals surface area contributed by atoms with Crippen molar-refractivity contribution >= 4 is 23.5 Å². The highest BCUT2D eigenvalue weighted by Gasteiger charge is 1.98. The molecule has 0 N–H and O–H groups in total. The summed E-state index contributed by atoms with van der Waals surface area (Å²) < 4.78 is 13.6. The molecular weight excluding hydrogens is 251 g/mol. The Balaban J connectivity index is 1.94. The lowest BCUT2D eigenvalue weighted by Gasteiger charge is -1.98. The van der Waals surface area contributed by atoms with Crippen LogP contribution < -0.4 is 0 Å². The highest BCUT2D eigenvalue weighted by molar-refractivity contribution is 8.06. The van der Waals surface area contributed by atoms with E-state index in [1.165, 1.54) is 17.2 Å². The second-order valence-corrected chi connectivity index (χ2v) is 5.28. The van der Waals surface area contributed by atoms with Crippen LogP contribution in [0.15, 0.2) is 81.0 Å². The molecule has 0 heterocycles. The molecule has 0 fully saturated rings. The SMILES string of the molecule is F/C(=C\Sc1ccccc1)Sc1ccccc1. The summed E-state index contributed by atoms with van der Waals surface area (Å²) in [6.07, 6.45) is 0. The smallest absolute Gasteiger partial charge is 0.167 e. The minimum absolute atomic E-state index is 0.190. The number of hydrogen-bond donors (Lipinski definition) is 0. The van der Waals surface area contributed by atoms with Gasteiger partial charge in [0, 0.05) is 15.2 Å². The van der Waals surface area contributed by atoms with Gasteiger partial charge in [-0.2, -0.15) is 4.39 Å². The van der Waals surface area contributed by atoms with Gasteiger partial charge < -0.3 is 0 Å². The fourth-order valence-electron chi connectivity index (χ4n) is 1.24. The molecule has 2 rings (SSSR count). The van der Waals surface area contributed by atoms with Gasteiger partial charge >= 0.3 is 0 Å². The van der Waals surface area contributed by atoms with Gasteiger partial charge in [0.2, 0.25) is 0 Å². The van der Waals surface area contributed by atoms with Gasteiger partial charge in [-0.25, -0.2) is 0 Å². The van der Waals surface area contributed by atoms with Crippen LogP contribution in [0.4, 0.5) is 4.39 Å². The maximum atomic E-state index is 13.6. The average Bonchev–Trinajstić information content (AvgIpc) is 2.39. The first-order valence-electron chi connectivity index (χ1n) is 5.15. The van der Waals surface area contributed by atoms with Crippen LogP contribution in [-0.2, 0) is 0 Å². The van der Waals surface area contributed by atoms with E-state index in [0.717, 1.165) is 21.6 Å². The first-order valence-corrected chi connectivity index (χ1v) is 6.84. The maximum absolute atomic E-state index is 13.6. The van der Waals surface area contributed by atoms with E-state index in [4.69, 9.17) is 0 Å². The molecule has 86 valence electrons. The van der Waals surface area contributed by atoms with Crippen LogP contribution >= 0.6 is 23.5 Å². The van der Waals surface area contributed by atoms with Crippen LogP contribution in [0, 0.1) is 0 Å². The van der Waals surface area contributed by atoms with E-state index in [-0.39, 0.29) is 5.16 Å². The zero-order chi connectivity index (χ0) is 11.9. The molecule has 0 aromatic heterocycles. The molecule has 0 bridgehead atoms. The molecular formula is C14H11FS2. The molecule has 3 heteroatoms. The molecule has 0 radical (unpaired) electrons. The van der Waals surface area contributed by atoms with Crippen LogP contribution in [0.3, 0.4) is 0 Å². The summed E-state index contributed by atoms with van der Waals surface area (Å²) in [4.78, 5) is 1.95. The first-order chi connectivity index (χ1) is 8.34. The highest BCUT2D eigenvalue weighted by atomic mass is 32.2. The van der Waals surface area contributed by atoms with Crippen molar-refractivity contribution in [3.63, 3.8) is 0 Å². The van der Waals surface area contributed by atoms with Crippen molar-refractivity contribution in [2.45, 2.75) is 9.79 Å². The zero-order valence-electron chi connectivity index (χ0n) is 9.05. The number of halogens is 1. The van der Waals surface area contributed by atoms with E-state index in [2.05, 4.69) is 0 Å². The normalized spacial score (nSPS) is 11.5. The van der Waals surface area contributed by atoms with Crippen molar-refractivity contribution in [1.82, 2.24) is 0 Å². The lowest BCUT2D eigenvalue weighted by Crippen LogP contribution is -1.70. The summed E-state index contributed by atoms with van der Waals surface area (Å²) in [6.45, 7) is 0. The fourth-order valence-corrected chi connectivity index (χ4v) is 2.64. The highest BCUT2D eigenvalue weighted by Crippen LogP contribution is 2.31. The third kappa shape index (κ3) is 4.29. The Bertz CT molecular complexity index is 480. The quantitative estimate of drug-likeness (QED) is 0.682. The largest absolute Gasteiger partial charge is 0.198 e. The summed E-state index contributed by atoms with van der Waals surface area (Å²) in [5.41, 5.74) is 0. The Hall–Kier alpha value is -1.19. The minimum Gasteiger partial charge on any atom is -0.198 e. The molecule has 0 spiro atoms. The molecule has 0 atom stereocenters. The monoisotopic (exact) mass is 262 g/mol. The maximum Gasteiger partial charge on any atom is 0.167 e. The summed E-state index contributed by atoms with van der Waals surface area (Å²) in [7, 11) is 0. The van der Waals surface area contributed by atoms with Gasteiger partial charge in [0.25, 0.3) is 0 Å². The van der Waals surface area contributed by atoms with Crippen molar-refractivity contribution < 1.29 is 4.39 Å². The Morgan fingerprint density at radius 1 is 0.824 bits per heavy atom. The van der Waals surface area contributed by atoms with Crippen LogP contribution in [0.5, 0.6) is 0 Å². The van der Waals surface area contributed by atoms with Crippen molar-refractivity contribution in [1.29, 1.82) is 0 Å². The van der Waals surface area contributed by atoms with Crippen LogP contribution in [-0.4, -0.2) is 0 Å². The summed E-state index contributed by atoms with van der Waals surface area (Å²) in [5.74, 6) is 0. The van der Waals surface area contributed by atoms with Crippen molar-refractivity contribution in [3.05, 3.63) is 71.2 Å². The number of thioether (sulfide) groups is 2. The van der Waals surface area contributed by atoms with Gasteiger partial charge in [0.15, 0.2) is 5.16 Å². The summed E-state index contributed by atoms with van der Waals surface area (Å²) >= 11 is 2.53. The molecule has 0 aliphatic heterocycles. The molecule has 0 saturated heterocycles. The number of hydrogen-bond acceptors (Lipinski definition) is 2. The van der Waals surface area contributed by atoms with Gasteiger partial charge in [-0.05, 0) is 24.3 Å². The zero-order valence-corrected chi connectivity index (χ0v) is 10.7. The van der Waals surface area contributed by atoms with Crippen molar-refractivity contribution in [2.75, 3.05) is 0 Å². The average molecular weight is 262 g/mol. The minimum atomic E-state index is -0.190. The fraction of sp³-hybridized carbons (Fsp3) is 0. The van der Waals surface area contributed by atoms with E-state index >= 15 is 0 Å². The lowest BCUT2D eigenvalue weighted by atomic mass is 10.4. The van der Waals surface area contributed by atoms with Gasteiger partial charge in [-0.15, -0.1) is 0 Å². The Morgan fingerprint density at radius 3 is 1.94 bits per heavy atom. The summed E-state index contributed by atoms with van der Waals surface area (Å²) in [6, 6.07) is 19.3. The lowest BCUT2D eigenvalue weighted by molar-refractivity contribution is 0.702. The van der Waals surface area contributed by atoms with E-state index in [9.17, 15) is 4.39 Å². The van der Waals surface area contributed by atoms with Crippen molar-refractivity contribution in [2.24, 2.45) is 0 Å². The standard InChI is InChI=1S/C14H11FS2/c15-14(17-13-9-5-2-6-10-13)11-16-12-7-3-1-4-8-12/h1-11H/b14-11+. The van der Waals surface area contributed by atoms with E-state index in [1.807, 2.05) is 60.7 Å². The van der Waals surface area contributed by atoms with Gasteiger partial charge in [0.05, 0.1) is 0 Å². The van der Waals surface area contributed by atoms with Crippen LogP contribution in [0.25, 0.3) is 0 Å². The molecule has 17 heavy (non-hydrogen) atoms. The van der Waals surface area contributed by atoms with Crippen LogP contribution in [0.1, 0.15) is 0 Å². The topological polar surface area (TPSA) is 0 Å². The second kappa shape index (κ2) is 6.52. The molecule has 0 aliphatic rings. The molecule has 0 aliphatic carbocycles. The van der Waals surface area contributed by atoms with E-state index in [0.29, 0.717) is 0 Å². The van der Waals surface area contributed by atoms with Gasteiger partial charge in [-0.3, -0.25) is 0 Å². The third-order valence-electron chi connectivity index (χ3n) is 1.99. The Morgan fingerprint density at radius 2 is 1.35 bits per heavy atom. The van der Waals surface area contributed by atoms with Crippen LogP contribution in [0.2, 0.25) is 0 Å². The number of rotatable bonds is 4. The Labute approximate surface area is 109 Å². The molecule has 0 amide bonds. The molecule has 0 saturated carbocycles. The molecule has 2 aromatic carbocycles. The molecule has 0 unspecified atom stereocenters. The number of benzene rings is 2. The Kier molecular flexibility index (Phi) is 4.71. The predicted octanol–water partition coefficient (Wildman–Crippen LogP) is 5.34. The molecule has 2 aromatic rings. The third-order valence-corrected chi connectivity index (χ3v) is 3.83. The predicted molar refractivity (Wildman–Crippen MR) is 73.8 cm³/mol. The second-order valence-electron chi connectivity index (χ2n) is 3.27. The van der Waals surface area contributed by atoms with Gasteiger partial charge in [-0.1, -0.05) is 59.9 Å². The first kappa shape index (κ1) is 12.3. The van der Waals surface area contributed by atoms with Crippen molar-refractivity contribution in [3.8, 4) is 0 Å². The summed E-state index contributed by atoms with van der Waals surface area (Å²) in [5, 5.41) is 1.34. The van der Waals surface area contributed by atoms with Gasteiger partial charge in [0.1, 0.15) is 0 Å².